The van der Waals surface area contributed by atoms with Crippen molar-refractivity contribution in [3.63, 3.8) is 0 Å². The molecule has 0 saturated carbocycles. The van der Waals surface area contributed by atoms with Crippen LogP contribution in [0, 0.1) is 11.6 Å². The molecule has 0 amide bonds. The molecule has 6 heteroatoms. The summed E-state index contributed by atoms with van der Waals surface area (Å²) in [7, 11) is 0. The van der Waals surface area contributed by atoms with Crippen LogP contribution in [0.2, 0.25) is 5.02 Å². The maximum atomic E-state index is 13.4. The van der Waals surface area contributed by atoms with Crippen molar-refractivity contribution < 1.29 is 8.78 Å². The number of nitrogens with two attached hydrogens (primary N) is 1. The Morgan fingerprint density at radius 2 is 2.07 bits per heavy atom. The van der Waals surface area contributed by atoms with E-state index in [4.69, 9.17) is 17.3 Å². The molecular weight excluding hydrogens is 224 g/mol. The van der Waals surface area contributed by atoms with Gasteiger partial charge in [0.2, 0.25) is 0 Å². The number of H-pyrrole nitrogens is 1. The van der Waals surface area contributed by atoms with Gasteiger partial charge in [0.1, 0.15) is 11.5 Å². The number of anilines is 1. The minimum Gasteiger partial charge on any atom is -0.380 e. The maximum Gasteiger partial charge on any atom is 0.192 e. The number of aromatic nitrogens is 2. The number of nitrogen functional groups attached to an aromatic ring is 1. The number of hydrogen-bond acceptors (Lipinski definition) is 2. The van der Waals surface area contributed by atoms with Gasteiger partial charge in [0.05, 0.1) is 0 Å². The zero-order chi connectivity index (χ0) is 11.0. The molecule has 2 rings (SSSR count). The van der Waals surface area contributed by atoms with Crippen molar-refractivity contribution in [1.29, 1.82) is 0 Å². The number of nitrogens with zero attached hydrogens (tertiary/aromatic N) is 1. The van der Waals surface area contributed by atoms with Gasteiger partial charge in [0.15, 0.2) is 11.6 Å². The fourth-order valence-electron chi connectivity index (χ4n) is 1.21. The van der Waals surface area contributed by atoms with Gasteiger partial charge in [-0.3, -0.25) is 5.10 Å². The predicted molar refractivity (Wildman–Crippen MR) is 53.4 cm³/mol. The Balaban J connectivity index is 2.59. The van der Waals surface area contributed by atoms with Crippen molar-refractivity contribution >= 4 is 17.4 Å². The second-order valence-corrected chi connectivity index (χ2v) is 3.36. The summed E-state index contributed by atoms with van der Waals surface area (Å²) in [5, 5.41) is 5.99. The van der Waals surface area contributed by atoms with Gasteiger partial charge in [-0.1, -0.05) is 11.6 Å². The molecule has 3 N–H and O–H groups in total. The van der Waals surface area contributed by atoms with Gasteiger partial charge in [-0.05, 0) is 18.2 Å². The summed E-state index contributed by atoms with van der Waals surface area (Å²) in [5.41, 5.74) is 5.15. The first kappa shape index (κ1) is 9.92. The van der Waals surface area contributed by atoms with Crippen LogP contribution in [-0.2, 0) is 0 Å². The van der Waals surface area contributed by atoms with Crippen molar-refractivity contribution in [2.75, 3.05) is 5.73 Å². The third-order valence-electron chi connectivity index (χ3n) is 1.93. The number of aromatic amines is 1. The number of nitrogens with one attached hydrogen (secondary N) is 1. The second kappa shape index (κ2) is 3.51. The molecule has 0 spiro atoms. The van der Waals surface area contributed by atoms with Crippen LogP contribution in [0.5, 0.6) is 0 Å². The Morgan fingerprint density at radius 3 is 2.60 bits per heavy atom. The average Bonchev–Trinajstić information content (AvgIpc) is 2.49. The fraction of sp³-hybridized carbons (Fsp3) is 0. The van der Waals surface area contributed by atoms with Gasteiger partial charge < -0.3 is 5.73 Å². The first-order valence-electron chi connectivity index (χ1n) is 4.04. The third-order valence-corrected chi connectivity index (χ3v) is 2.17. The lowest BCUT2D eigenvalue weighted by molar-refractivity contribution is 0.618. The van der Waals surface area contributed by atoms with E-state index in [1.165, 1.54) is 12.1 Å². The highest BCUT2D eigenvalue weighted by Crippen LogP contribution is 2.27. The van der Waals surface area contributed by atoms with E-state index in [0.29, 0.717) is 0 Å². The Hall–Kier alpha value is -1.62. The zero-order valence-electron chi connectivity index (χ0n) is 7.39. The molecule has 0 fully saturated rings. The number of hydrogen-bond donors (Lipinski definition) is 2. The van der Waals surface area contributed by atoms with E-state index in [-0.39, 0.29) is 22.1 Å². The van der Waals surface area contributed by atoms with E-state index >= 15 is 0 Å². The Bertz CT molecular complexity index is 510. The monoisotopic (exact) mass is 229 g/mol. The largest absolute Gasteiger partial charge is 0.380 e. The Morgan fingerprint density at radius 1 is 1.33 bits per heavy atom. The minimum absolute atomic E-state index is 0.0427. The van der Waals surface area contributed by atoms with Crippen LogP contribution in [0.15, 0.2) is 18.2 Å². The summed E-state index contributed by atoms with van der Waals surface area (Å²) in [6.45, 7) is 0. The molecule has 15 heavy (non-hydrogen) atoms. The molecule has 0 aliphatic carbocycles. The van der Waals surface area contributed by atoms with Crippen LogP contribution in [0.4, 0.5) is 14.6 Å². The molecule has 0 unspecified atom stereocenters. The highest BCUT2D eigenvalue weighted by Gasteiger charge is 2.15. The fourth-order valence-corrected chi connectivity index (χ4v) is 1.37. The van der Waals surface area contributed by atoms with Gasteiger partial charge in [-0.2, -0.15) is 5.10 Å². The van der Waals surface area contributed by atoms with Crippen LogP contribution in [0.1, 0.15) is 0 Å². The molecule has 1 aromatic carbocycles. The predicted octanol–water partition coefficient (Wildman–Crippen LogP) is 2.59. The van der Waals surface area contributed by atoms with Crippen LogP contribution in [-0.4, -0.2) is 10.2 Å². The molecule has 1 aromatic heterocycles. The van der Waals surface area contributed by atoms with Crippen molar-refractivity contribution in [2.24, 2.45) is 0 Å². The molecule has 0 aliphatic heterocycles. The van der Waals surface area contributed by atoms with E-state index in [1.807, 2.05) is 0 Å². The molecule has 1 heterocycles. The van der Waals surface area contributed by atoms with E-state index in [9.17, 15) is 8.78 Å². The minimum atomic E-state index is -0.767. The molecule has 0 aliphatic rings. The lowest BCUT2D eigenvalue weighted by Crippen LogP contribution is -1.89. The molecule has 0 saturated heterocycles. The summed E-state index contributed by atoms with van der Waals surface area (Å²) in [4.78, 5) is 0. The first-order chi connectivity index (χ1) is 7.09. The van der Waals surface area contributed by atoms with E-state index in [2.05, 4.69) is 10.2 Å². The van der Waals surface area contributed by atoms with Crippen LogP contribution in [0.25, 0.3) is 11.3 Å². The number of benzene rings is 1. The number of halogens is 3. The normalized spacial score (nSPS) is 10.6. The van der Waals surface area contributed by atoms with Gasteiger partial charge in [0, 0.05) is 10.6 Å². The molecule has 78 valence electrons. The highest BCUT2D eigenvalue weighted by atomic mass is 35.5. The Labute approximate surface area is 88.9 Å². The SMILES string of the molecule is Nc1n[nH]c(-c2ccc(Cl)cc2F)c1F. The van der Waals surface area contributed by atoms with Gasteiger partial charge in [0.25, 0.3) is 0 Å². The summed E-state index contributed by atoms with van der Waals surface area (Å²) < 4.78 is 26.7. The summed E-state index contributed by atoms with van der Waals surface area (Å²) in [6.07, 6.45) is 0. The molecule has 0 bridgehead atoms. The van der Waals surface area contributed by atoms with Crippen LogP contribution >= 0.6 is 11.6 Å². The standard InChI is InChI=1S/C9H6ClF2N3/c10-4-1-2-5(6(11)3-4)8-7(12)9(13)15-14-8/h1-3H,(H3,13,14,15). The lowest BCUT2D eigenvalue weighted by Gasteiger charge is -2.00. The third kappa shape index (κ3) is 1.66. The molecule has 2 aromatic rings. The van der Waals surface area contributed by atoms with Crippen LogP contribution in [0.3, 0.4) is 0 Å². The maximum absolute atomic E-state index is 13.4. The van der Waals surface area contributed by atoms with E-state index in [0.717, 1.165) is 6.07 Å². The molecule has 0 radical (unpaired) electrons. The number of rotatable bonds is 1. The first-order valence-corrected chi connectivity index (χ1v) is 4.42. The summed E-state index contributed by atoms with van der Waals surface area (Å²) >= 11 is 5.57. The van der Waals surface area contributed by atoms with Gasteiger partial charge in [-0.25, -0.2) is 8.78 Å². The van der Waals surface area contributed by atoms with Crippen molar-refractivity contribution in [3.8, 4) is 11.3 Å². The smallest absolute Gasteiger partial charge is 0.192 e. The van der Waals surface area contributed by atoms with E-state index in [1.54, 1.807) is 0 Å². The van der Waals surface area contributed by atoms with Gasteiger partial charge >= 0.3 is 0 Å². The summed E-state index contributed by atoms with van der Waals surface area (Å²) in [5.74, 6) is -1.69. The topological polar surface area (TPSA) is 54.7 Å². The Kier molecular flexibility index (Phi) is 2.32. The molecule has 0 atom stereocenters. The zero-order valence-corrected chi connectivity index (χ0v) is 8.15. The highest BCUT2D eigenvalue weighted by molar-refractivity contribution is 6.30. The van der Waals surface area contributed by atoms with Crippen molar-refractivity contribution in [2.45, 2.75) is 0 Å². The van der Waals surface area contributed by atoms with Crippen molar-refractivity contribution in [3.05, 3.63) is 34.9 Å². The van der Waals surface area contributed by atoms with Crippen molar-refractivity contribution in [1.82, 2.24) is 10.2 Å². The quantitative estimate of drug-likeness (QED) is 0.790. The average molecular weight is 230 g/mol. The summed E-state index contributed by atoms with van der Waals surface area (Å²) in [6, 6.07) is 3.90. The van der Waals surface area contributed by atoms with Gasteiger partial charge in [-0.15, -0.1) is 0 Å². The van der Waals surface area contributed by atoms with Crippen LogP contribution < -0.4 is 5.73 Å². The second-order valence-electron chi connectivity index (χ2n) is 2.92. The van der Waals surface area contributed by atoms with E-state index < -0.39 is 11.6 Å². The lowest BCUT2D eigenvalue weighted by atomic mass is 10.1. The molecule has 3 nitrogen and oxygen atoms in total. The molecular formula is C9H6ClF2N3.